The van der Waals surface area contributed by atoms with Gasteiger partial charge in [0.25, 0.3) is 0 Å². The third kappa shape index (κ3) is 3.57. The number of nitrogens with one attached hydrogen (secondary N) is 1. The smallest absolute Gasteiger partial charge is 0.145 e. The highest BCUT2D eigenvalue weighted by molar-refractivity contribution is 5.32. The van der Waals surface area contributed by atoms with Crippen molar-refractivity contribution in [2.75, 3.05) is 6.54 Å². The maximum Gasteiger partial charge on any atom is 0.145 e. The van der Waals surface area contributed by atoms with Gasteiger partial charge in [-0.3, -0.25) is 4.98 Å². The molecule has 3 nitrogen and oxygen atoms in total. The average molecular weight is 228 g/mol. The van der Waals surface area contributed by atoms with E-state index in [9.17, 15) is 0 Å². The monoisotopic (exact) mass is 228 g/mol. The molecule has 2 rings (SSSR count). The van der Waals surface area contributed by atoms with Crippen LogP contribution in [0.2, 0.25) is 0 Å². The lowest BCUT2D eigenvalue weighted by atomic mass is 10.2. The molecule has 17 heavy (non-hydrogen) atoms. The summed E-state index contributed by atoms with van der Waals surface area (Å²) in [6, 6.07) is 11.8. The Morgan fingerprint density at radius 2 is 2.06 bits per heavy atom. The third-order valence-electron chi connectivity index (χ3n) is 2.35. The van der Waals surface area contributed by atoms with Crippen molar-refractivity contribution in [3.8, 4) is 11.5 Å². The largest absolute Gasteiger partial charge is 0.456 e. The predicted octanol–water partition coefficient (Wildman–Crippen LogP) is 2.98. The van der Waals surface area contributed by atoms with Gasteiger partial charge in [0.2, 0.25) is 0 Å². The molecule has 0 radical (unpaired) electrons. The van der Waals surface area contributed by atoms with Crippen LogP contribution in [0.15, 0.2) is 48.8 Å². The van der Waals surface area contributed by atoms with Gasteiger partial charge in [-0.25, -0.2) is 0 Å². The standard InChI is InChI=1S/C14H16N2O/c1-2-15-10-12-5-3-6-13(9-12)17-14-7-4-8-16-11-14/h3-9,11,15H,2,10H2,1H3. The average Bonchev–Trinajstić information content (AvgIpc) is 2.38. The minimum Gasteiger partial charge on any atom is -0.456 e. The van der Waals surface area contributed by atoms with Gasteiger partial charge >= 0.3 is 0 Å². The summed E-state index contributed by atoms with van der Waals surface area (Å²) >= 11 is 0. The van der Waals surface area contributed by atoms with E-state index in [0.717, 1.165) is 24.6 Å². The van der Waals surface area contributed by atoms with Gasteiger partial charge < -0.3 is 10.1 Å². The molecule has 0 aliphatic rings. The van der Waals surface area contributed by atoms with E-state index in [2.05, 4.69) is 23.3 Å². The molecule has 0 amide bonds. The van der Waals surface area contributed by atoms with Crippen LogP contribution in [-0.2, 0) is 6.54 Å². The number of aromatic nitrogens is 1. The van der Waals surface area contributed by atoms with E-state index in [4.69, 9.17) is 4.74 Å². The van der Waals surface area contributed by atoms with E-state index in [0.29, 0.717) is 0 Å². The Morgan fingerprint density at radius 1 is 1.18 bits per heavy atom. The molecule has 1 N–H and O–H groups in total. The van der Waals surface area contributed by atoms with E-state index in [1.165, 1.54) is 5.56 Å². The molecule has 1 heterocycles. The van der Waals surface area contributed by atoms with Crippen molar-refractivity contribution >= 4 is 0 Å². The molecular weight excluding hydrogens is 212 g/mol. The highest BCUT2D eigenvalue weighted by Crippen LogP contribution is 2.20. The number of hydrogen-bond donors (Lipinski definition) is 1. The van der Waals surface area contributed by atoms with E-state index in [1.807, 2.05) is 30.3 Å². The van der Waals surface area contributed by atoms with E-state index < -0.39 is 0 Å². The van der Waals surface area contributed by atoms with Crippen molar-refractivity contribution in [2.45, 2.75) is 13.5 Å². The van der Waals surface area contributed by atoms with Gasteiger partial charge in [-0.2, -0.15) is 0 Å². The maximum absolute atomic E-state index is 5.71. The quantitative estimate of drug-likeness (QED) is 0.854. The summed E-state index contributed by atoms with van der Waals surface area (Å²) in [5, 5.41) is 3.29. The van der Waals surface area contributed by atoms with Gasteiger partial charge in [-0.05, 0) is 36.4 Å². The number of pyridine rings is 1. The van der Waals surface area contributed by atoms with Gasteiger partial charge in [0.15, 0.2) is 0 Å². The Morgan fingerprint density at radius 3 is 2.82 bits per heavy atom. The molecule has 0 unspecified atom stereocenters. The van der Waals surface area contributed by atoms with Crippen molar-refractivity contribution < 1.29 is 4.74 Å². The third-order valence-corrected chi connectivity index (χ3v) is 2.35. The second-order valence-electron chi connectivity index (χ2n) is 3.72. The minimum absolute atomic E-state index is 0.758. The normalized spacial score (nSPS) is 10.2. The number of benzene rings is 1. The molecule has 1 aromatic carbocycles. The Kier molecular flexibility index (Phi) is 4.11. The van der Waals surface area contributed by atoms with Crippen LogP contribution in [0.25, 0.3) is 0 Å². The summed E-state index contributed by atoms with van der Waals surface area (Å²) in [5.41, 5.74) is 1.22. The van der Waals surface area contributed by atoms with Crippen LogP contribution in [-0.4, -0.2) is 11.5 Å². The predicted molar refractivity (Wildman–Crippen MR) is 68.1 cm³/mol. The summed E-state index contributed by atoms with van der Waals surface area (Å²) in [6.07, 6.45) is 3.44. The fourth-order valence-corrected chi connectivity index (χ4v) is 1.53. The molecule has 0 spiro atoms. The molecule has 88 valence electrons. The first-order valence-electron chi connectivity index (χ1n) is 5.76. The molecule has 0 saturated heterocycles. The zero-order valence-corrected chi connectivity index (χ0v) is 9.89. The Balaban J connectivity index is 2.06. The lowest BCUT2D eigenvalue weighted by Crippen LogP contribution is -2.11. The zero-order valence-electron chi connectivity index (χ0n) is 9.89. The Hall–Kier alpha value is -1.87. The number of rotatable bonds is 5. The van der Waals surface area contributed by atoms with Crippen molar-refractivity contribution in [2.24, 2.45) is 0 Å². The maximum atomic E-state index is 5.71. The van der Waals surface area contributed by atoms with Crippen molar-refractivity contribution in [3.63, 3.8) is 0 Å². The molecule has 0 saturated carbocycles. The lowest BCUT2D eigenvalue weighted by molar-refractivity contribution is 0.479. The van der Waals surface area contributed by atoms with Crippen LogP contribution in [0, 0.1) is 0 Å². The van der Waals surface area contributed by atoms with Gasteiger partial charge in [0, 0.05) is 12.7 Å². The molecule has 3 heteroatoms. The summed E-state index contributed by atoms with van der Waals surface area (Å²) in [5.74, 6) is 1.60. The molecule has 0 fully saturated rings. The van der Waals surface area contributed by atoms with Crippen LogP contribution in [0.3, 0.4) is 0 Å². The topological polar surface area (TPSA) is 34.1 Å². The van der Waals surface area contributed by atoms with Gasteiger partial charge in [0.05, 0.1) is 6.20 Å². The van der Waals surface area contributed by atoms with Crippen molar-refractivity contribution in [3.05, 3.63) is 54.4 Å². The SMILES string of the molecule is CCNCc1cccc(Oc2cccnc2)c1. The van der Waals surface area contributed by atoms with Crippen LogP contribution in [0.5, 0.6) is 11.5 Å². The first-order chi connectivity index (χ1) is 8.38. The second-order valence-corrected chi connectivity index (χ2v) is 3.72. The van der Waals surface area contributed by atoms with Crippen LogP contribution < -0.4 is 10.1 Å². The first-order valence-corrected chi connectivity index (χ1v) is 5.76. The number of ether oxygens (including phenoxy) is 1. The summed E-state index contributed by atoms with van der Waals surface area (Å²) < 4.78 is 5.71. The minimum atomic E-state index is 0.758. The van der Waals surface area contributed by atoms with Gasteiger partial charge in [0.1, 0.15) is 11.5 Å². The molecule has 0 aliphatic heterocycles. The highest BCUT2D eigenvalue weighted by Gasteiger charge is 1.98. The van der Waals surface area contributed by atoms with Crippen LogP contribution >= 0.6 is 0 Å². The van der Waals surface area contributed by atoms with Crippen LogP contribution in [0.1, 0.15) is 12.5 Å². The molecule has 0 atom stereocenters. The van der Waals surface area contributed by atoms with Gasteiger partial charge in [-0.15, -0.1) is 0 Å². The molecule has 2 aromatic rings. The Bertz CT molecular complexity index is 457. The number of hydrogen-bond acceptors (Lipinski definition) is 3. The molecule has 0 aliphatic carbocycles. The fraction of sp³-hybridized carbons (Fsp3) is 0.214. The van der Waals surface area contributed by atoms with E-state index in [-0.39, 0.29) is 0 Å². The Labute approximate surface area is 101 Å². The molecule has 1 aromatic heterocycles. The van der Waals surface area contributed by atoms with Crippen molar-refractivity contribution in [1.82, 2.24) is 10.3 Å². The zero-order chi connectivity index (χ0) is 11.9. The van der Waals surface area contributed by atoms with E-state index >= 15 is 0 Å². The molecular formula is C14H16N2O. The van der Waals surface area contributed by atoms with Crippen molar-refractivity contribution in [1.29, 1.82) is 0 Å². The first kappa shape index (κ1) is 11.6. The number of nitrogens with zero attached hydrogens (tertiary/aromatic N) is 1. The summed E-state index contributed by atoms with van der Waals surface area (Å²) in [6.45, 7) is 3.92. The fourth-order valence-electron chi connectivity index (χ4n) is 1.53. The van der Waals surface area contributed by atoms with Crippen LogP contribution in [0.4, 0.5) is 0 Å². The lowest BCUT2D eigenvalue weighted by Gasteiger charge is -2.07. The summed E-state index contributed by atoms with van der Waals surface area (Å²) in [7, 11) is 0. The second kappa shape index (κ2) is 6.01. The highest BCUT2D eigenvalue weighted by atomic mass is 16.5. The van der Waals surface area contributed by atoms with Gasteiger partial charge in [-0.1, -0.05) is 19.1 Å². The summed E-state index contributed by atoms with van der Waals surface area (Å²) in [4.78, 5) is 4.02. The van der Waals surface area contributed by atoms with E-state index in [1.54, 1.807) is 12.4 Å². The molecule has 0 bridgehead atoms.